The van der Waals surface area contributed by atoms with Crippen molar-refractivity contribution in [1.29, 1.82) is 0 Å². The lowest BCUT2D eigenvalue weighted by atomic mass is 10.1. The summed E-state index contributed by atoms with van der Waals surface area (Å²) < 4.78 is 27.4. The van der Waals surface area contributed by atoms with Crippen LogP contribution in [-0.2, 0) is 16.6 Å². The van der Waals surface area contributed by atoms with Gasteiger partial charge in [-0.1, -0.05) is 33.3 Å². The molecule has 0 aromatic heterocycles. The zero-order chi connectivity index (χ0) is 16.2. The van der Waals surface area contributed by atoms with Gasteiger partial charge >= 0.3 is 0 Å². The summed E-state index contributed by atoms with van der Waals surface area (Å²) in [5, 5.41) is 0. The lowest BCUT2D eigenvalue weighted by Crippen LogP contribution is -2.35. The van der Waals surface area contributed by atoms with E-state index >= 15 is 0 Å². The molecule has 4 nitrogen and oxygen atoms in total. The van der Waals surface area contributed by atoms with Crippen LogP contribution in [0.2, 0.25) is 0 Å². The SMILES string of the molecule is CCC(C)CN(CC)S(=O)(=O)c1cc(CN)c(C)cc1C. The van der Waals surface area contributed by atoms with Crippen LogP contribution in [0, 0.1) is 19.8 Å². The third kappa shape index (κ3) is 4.05. The Morgan fingerprint density at radius 2 is 1.81 bits per heavy atom. The van der Waals surface area contributed by atoms with Gasteiger partial charge < -0.3 is 5.73 Å². The average Bonchev–Trinajstić information content (AvgIpc) is 2.43. The minimum Gasteiger partial charge on any atom is -0.326 e. The second kappa shape index (κ2) is 7.38. The molecule has 0 aliphatic carbocycles. The normalized spacial score (nSPS) is 13.7. The summed E-state index contributed by atoms with van der Waals surface area (Å²) in [6.07, 6.45) is 0.965. The predicted molar refractivity (Wildman–Crippen MR) is 87.7 cm³/mol. The third-order valence-corrected chi connectivity index (χ3v) is 6.12. The molecule has 2 N–H and O–H groups in total. The summed E-state index contributed by atoms with van der Waals surface area (Å²) in [5.41, 5.74) is 8.43. The maximum atomic E-state index is 12.9. The summed E-state index contributed by atoms with van der Waals surface area (Å²) >= 11 is 0. The maximum absolute atomic E-state index is 12.9. The van der Waals surface area contributed by atoms with Crippen LogP contribution in [0.1, 0.15) is 43.9 Å². The van der Waals surface area contributed by atoms with E-state index in [1.165, 1.54) is 0 Å². The molecule has 5 heteroatoms. The molecule has 0 aliphatic heterocycles. The maximum Gasteiger partial charge on any atom is 0.243 e. The number of nitrogens with two attached hydrogens (primary N) is 1. The van der Waals surface area contributed by atoms with Crippen molar-refractivity contribution in [2.75, 3.05) is 13.1 Å². The zero-order valence-electron chi connectivity index (χ0n) is 13.8. The molecular weight excluding hydrogens is 284 g/mol. The molecule has 0 heterocycles. The van der Waals surface area contributed by atoms with Gasteiger partial charge in [0.1, 0.15) is 0 Å². The molecule has 21 heavy (non-hydrogen) atoms. The van der Waals surface area contributed by atoms with Crippen molar-refractivity contribution in [3.8, 4) is 0 Å². The number of aryl methyl sites for hydroxylation is 2. The fourth-order valence-corrected chi connectivity index (χ4v) is 4.21. The van der Waals surface area contributed by atoms with E-state index in [2.05, 4.69) is 13.8 Å². The molecule has 0 amide bonds. The first-order chi connectivity index (χ1) is 9.77. The largest absolute Gasteiger partial charge is 0.326 e. The molecule has 0 bridgehead atoms. The number of benzene rings is 1. The van der Waals surface area contributed by atoms with Crippen LogP contribution in [0.5, 0.6) is 0 Å². The number of hydrogen-bond donors (Lipinski definition) is 1. The van der Waals surface area contributed by atoms with E-state index in [1.807, 2.05) is 26.8 Å². The van der Waals surface area contributed by atoms with Crippen molar-refractivity contribution in [3.63, 3.8) is 0 Å². The van der Waals surface area contributed by atoms with Crippen molar-refractivity contribution in [2.24, 2.45) is 11.7 Å². The van der Waals surface area contributed by atoms with Crippen molar-refractivity contribution >= 4 is 10.0 Å². The smallest absolute Gasteiger partial charge is 0.243 e. The quantitative estimate of drug-likeness (QED) is 0.842. The Bertz CT molecular complexity index is 582. The highest BCUT2D eigenvalue weighted by Gasteiger charge is 2.26. The Kier molecular flexibility index (Phi) is 6.38. The lowest BCUT2D eigenvalue weighted by Gasteiger charge is -2.25. The van der Waals surface area contributed by atoms with Crippen LogP contribution in [-0.4, -0.2) is 25.8 Å². The van der Waals surface area contributed by atoms with Crippen LogP contribution in [0.25, 0.3) is 0 Å². The summed E-state index contributed by atoms with van der Waals surface area (Å²) in [6.45, 7) is 11.2. The lowest BCUT2D eigenvalue weighted by molar-refractivity contribution is 0.361. The first-order valence-corrected chi connectivity index (χ1v) is 9.02. The van der Waals surface area contributed by atoms with E-state index in [0.29, 0.717) is 30.4 Å². The van der Waals surface area contributed by atoms with Gasteiger partial charge in [0.25, 0.3) is 0 Å². The minimum atomic E-state index is -3.46. The van der Waals surface area contributed by atoms with Crippen molar-refractivity contribution in [2.45, 2.75) is 52.5 Å². The fraction of sp³-hybridized carbons (Fsp3) is 0.625. The third-order valence-electron chi connectivity index (χ3n) is 4.04. The minimum absolute atomic E-state index is 0.347. The molecular formula is C16H28N2O2S. The van der Waals surface area contributed by atoms with E-state index < -0.39 is 10.0 Å². The molecule has 0 saturated heterocycles. The first kappa shape index (κ1) is 18.1. The van der Waals surface area contributed by atoms with E-state index in [0.717, 1.165) is 23.1 Å². The Morgan fingerprint density at radius 1 is 1.19 bits per heavy atom. The topological polar surface area (TPSA) is 63.4 Å². The summed E-state index contributed by atoms with van der Waals surface area (Å²) in [7, 11) is -3.46. The number of nitrogens with zero attached hydrogens (tertiary/aromatic N) is 1. The number of hydrogen-bond acceptors (Lipinski definition) is 3. The Balaban J connectivity index is 3.28. The number of sulfonamides is 1. The Hall–Kier alpha value is -0.910. The molecule has 1 aromatic rings. The first-order valence-electron chi connectivity index (χ1n) is 7.58. The molecule has 0 spiro atoms. The number of rotatable bonds is 7. The van der Waals surface area contributed by atoms with Crippen LogP contribution in [0.15, 0.2) is 17.0 Å². The molecule has 0 saturated carbocycles. The average molecular weight is 312 g/mol. The van der Waals surface area contributed by atoms with Gasteiger partial charge in [0.05, 0.1) is 4.90 Å². The molecule has 0 fully saturated rings. The van der Waals surface area contributed by atoms with Gasteiger partial charge in [0, 0.05) is 19.6 Å². The van der Waals surface area contributed by atoms with E-state index in [4.69, 9.17) is 5.73 Å². The Morgan fingerprint density at radius 3 is 2.29 bits per heavy atom. The molecule has 1 unspecified atom stereocenters. The summed E-state index contributed by atoms with van der Waals surface area (Å²) in [4.78, 5) is 0.388. The van der Waals surface area contributed by atoms with Gasteiger partial charge in [0.2, 0.25) is 10.0 Å². The van der Waals surface area contributed by atoms with E-state index in [1.54, 1.807) is 10.4 Å². The predicted octanol–water partition coefficient (Wildman–Crippen LogP) is 2.82. The molecule has 1 atom stereocenters. The van der Waals surface area contributed by atoms with Crippen LogP contribution < -0.4 is 5.73 Å². The fourth-order valence-electron chi connectivity index (χ4n) is 2.39. The van der Waals surface area contributed by atoms with Gasteiger partial charge in [-0.15, -0.1) is 0 Å². The van der Waals surface area contributed by atoms with Gasteiger partial charge in [-0.2, -0.15) is 4.31 Å². The van der Waals surface area contributed by atoms with Crippen molar-refractivity contribution < 1.29 is 8.42 Å². The highest BCUT2D eigenvalue weighted by molar-refractivity contribution is 7.89. The second-order valence-corrected chi connectivity index (χ2v) is 7.62. The van der Waals surface area contributed by atoms with E-state index in [-0.39, 0.29) is 0 Å². The Labute approximate surface area is 129 Å². The summed E-state index contributed by atoms with van der Waals surface area (Å²) in [6, 6.07) is 3.64. The molecule has 0 aliphatic rings. The van der Waals surface area contributed by atoms with E-state index in [9.17, 15) is 8.42 Å². The second-order valence-electron chi connectivity index (χ2n) is 5.72. The van der Waals surface area contributed by atoms with Gasteiger partial charge in [0.15, 0.2) is 0 Å². The van der Waals surface area contributed by atoms with Gasteiger partial charge in [-0.25, -0.2) is 8.42 Å². The van der Waals surface area contributed by atoms with Crippen LogP contribution in [0.3, 0.4) is 0 Å². The van der Waals surface area contributed by atoms with Gasteiger partial charge in [-0.3, -0.25) is 0 Å². The molecule has 1 rings (SSSR count). The standard InChI is InChI=1S/C16H28N2O2S/c1-6-12(3)11-18(7-2)21(19,20)16-9-15(10-17)13(4)8-14(16)5/h8-9,12H,6-7,10-11,17H2,1-5H3. The molecule has 0 radical (unpaired) electrons. The monoisotopic (exact) mass is 312 g/mol. The van der Waals surface area contributed by atoms with Crippen LogP contribution in [0.4, 0.5) is 0 Å². The highest BCUT2D eigenvalue weighted by Crippen LogP contribution is 2.24. The molecule has 120 valence electrons. The molecule has 1 aromatic carbocycles. The van der Waals surface area contributed by atoms with Gasteiger partial charge in [-0.05, 0) is 42.5 Å². The summed E-state index contributed by atoms with van der Waals surface area (Å²) in [5.74, 6) is 0.347. The van der Waals surface area contributed by atoms with Crippen molar-refractivity contribution in [3.05, 3.63) is 28.8 Å². The van der Waals surface area contributed by atoms with Crippen LogP contribution >= 0.6 is 0 Å². The zero-order valence-corrected chi connectivity index (χ0v) is 14.6. The highest BCUT2D eigenvalue weighted by atomic mass is 32.2. The van der Waals surface area contributed by atoms with Crippen molar-refractivity contribution in [1.82, 2.24) is 4.31 Å².